The van der Waals surface area contributed by atoms with Gasteiger partial charge < -0.3 is 5.73 Å². The van der Waals surface area contributed by atoms with Crippen molar-refractivity contribution in [2.45, 2.75) is 12.4 Å². The zero-order valence-corrected chi connectivity index (χ0v) is 9.63. The fourth-order valence-corrected chi connectivity index (χ4v) is 1.63. The first kappa shape index (κ1) is 14.2. The van der Waals surface area contributed by atoms with Crippen molar-refractivity contribution in [2.24, 2.45) is 0 Å². The third-order valence-electron chi connectivity index (χ3n) is 2.51. The van der Waals surface area contributed by atoms with Gasteiger partial charge in [0.2, 0.25) is 0 Å². The lowest BCUT2D eigenvalue weighted by molar-refractivity contribution is -0.142. The van der Waals surface area contributed by atoms with E-state index >= 15 is 0 Å². The highest BCUT2D eigenvalue weighted by atomic mass is 19.4. The SMILES string of the molecule is Nc1cnn(-c2ccc(C(F)(F)F)cc2)c1C(F)(F)F. The molecule has 0 aliphatic rings. The maximum atomic E-state index is 12.8. The first-order valence-electron chi connectivity index (χ1n) is 5.19. The number of hydrogen-bond donors (Lipinski definition) is 1. The van der Waals surface area contributed by atoms with E-state index in [2.05, 4.69) is 5.10 Å². The fraction of sp³-hybridized carbons (Fsp3) is 0.182. The van der Waals surface area contributed by atoms with E-state index < -0.39 is 29.3 Å². The lowest BCUT2D eigenvalue weighted by atomic mass is 10.2. The van der Waals surface area contributed by atoms with Crippen LogP contribution in [-0.4, -0.2) is 9.78 Å². The molecule has 0 saturated heterocycles. The van der Waals surface area contributed by atoms with Crippen LogP contribution in [0.3, 0.4) is 0 Å². The van der Waals surface area contributed by atoms with Gasteiger partial charge in [-0.1, -0.05) is 0 Å². The van der Waals surface area contributed by atoms with Crippen LogP contribution in [0.4, 0.5) is 32.0 Å². The van der Waals surface area contributed by atoms with E-state index in [1.807, 2.05) is 0 Å². The van der Waals surface area contributed by atoms with E-state index in [1.54, 1.807) is 0 Å². The molecular weight excluding hydrogens is 288 g/mol. The van der Waals surface area contributed by atoms with Crippen molar-refractivity contribution in [3.05, 3.63) is 41.7 Å². The maximum Gasteiger partial charge on any atom is 0.435 e. The molecule has 0 spiro atoms. The van der Waals surface area contributed by atoms with Gasteiger partial charge >= 0.3 is 12.4 Å². The van der Waals surface area contributed by atoms with Crippen molar-refractivity contribution in [1.82, 2.24) is 9.78 Å². The predicted molar refractivity (Wildman–Crippen MR) is 58.0 cm³/mol. The summed E-state index contributed by atoms with van der Waals surface area (Å²) in [5, 5.41) is 3.43. The summed E-state index contributed by atoms with van der Waals surface area (Å²) in [5.41, 5.74) is 2.23. The number of nitrogens with two attached hydrogens (primary N) is 1. The topological polar surface area (TPSA) is 43.8 Å². The fourth-order valence-electron chi connectivity index (χ4n) is 1.63. The third-order valence-corrected chi connectivity index (χ3v) is 2.51. The first-order chi connectivity index (χ1) is 9.10. The number of nitrogens with zero attached hydrogens (tertiary/aromatic N) is 2. The number of benzene rings is 1. The molecule has 0 bridgehead atoms. The zero-order valence-electron chi connectivity index (χ0n) is 9.63. The summed E-state index contributed by atoms with van der Waals surface area (Å²) < 4.78 is 75.9. The molecule has 20 heavy (non-hydrogen) atoms. The van der Waals surface area contributed by atoms with Gasteiger partial charge in [-0.05, 0) is 24.3 Å². The van der Waals surface area contributed by atoms with Gasteiger partial charge in [0.15, 0.2) is 5.69 Å². The number of hydrogen-bond acceptors (Lipinski definition) is 2. The summed E-state index contributed by atoms with van der Waals surface area (Å²) in [6.07, 6.45) is -8.53. The van der Waals surface area contributed by atoms with Crippen LogP contribution in [0, 0.1) is 0 Å². The van der Waals surface area contributed by atoms with Gasteiger partial charge in [0.05, 0.1) is 23.1 Å². The maximum absolute atomic E-state index is 12.8. The molecule has 1 heterocycles. The highest BCUT2D eigenvalue weighted by Crippen LogP contribution is 2.35. The Morgan fingerprint density at radius 2 is 1.45 bits per heavy atom. The number of aromatic nitrogens is 2. The predicted octanol–water partition coefficient (Wildman–Crippen LogP) is 3.49. The van der Waals surface area contributed by atoms with Crippen molar-refractivity contribution in [2.75, 3.05) is 5.73 Å². The van der Waals surface area contributed by atoms with Gasteiger partial charge in [-0.15, -0.1) is 0 Å². The van der Waals surface area contributed by atoms with Gasteiger partial charge in [0, 0.05) is 0 Å². The molecule has 1 aromatic carbocycles. The Labute approximate surface area is 108 Å². The summed E-state index contributed by atoms with van der Waals surface area (Å²) in [5.74, 6) is 0. The molecule has 2 N–H and O–H groups in total. The average molecular weight is 295 g/mol. The number of alkyl halides is 6. The van der Waals surface area contributed by atoms with Crippen LogP contribution in [0.1, 0.15) is 11.3 Å². The molecule has 0 aliphatic carbocycles. The van der Waals surface area contributed by atoms with Crippen molar-refractivity contribution >= 4 is 5.69 Å². The van der Waals surface area contributed by atoms with Gasteiger partial charge in [-0.2, -0.15) is 31.4 Å². The van der Waals surface area contributed by atoms with Gasteiger partial charge in [-0.25, -0.2) is 4.68 Å². The molecule has 0 fully saturated rings. The van der Waals surface area contributed by atoms with E-state index in [4.69, 9.17) is 5.73 Å². The Hall–Kier alpha value is -2.19. The summed E-state index contributed by atoms with van der Waals surface area (Å²) in [6, 6.07) is 3.13. The molecule has 1 aromatic heterocycles. The van der Waals surface area contributed by atoms with Crippen molar-refractivity contribution < 1.29 is 26.3 Å². The Kier molecular flexibility index (Phi) is 3.15. The van der Waals surface area contributed by atoms with Crippen LogP contribution in [-0.2, 0) is 12.4 Å². The molecule has 2 rings (SSSR count). The molecule has 0 saturated carbocycles. The van der Waals surface area contributed by atoms with Gasteiger partial charge in [0.25, 0.3) is 0 Å². The highest BCUT2D eigenvalue weighted by Gasteiger charge is 2.38. The summed E-state index contributed by atoms with van der Waals surface area (Å²) in [6.45, 7) is 0. The standard InChI is InChI=1S/C11H7F6N3/c12-10(13,14)6-1-3-7(4-2-6)20-9(11(15,16)17)8(18)5-19-20/h1-5H,18H2. The number of halogens is 6. The van der Waals surface area contributed by atoms with E-state index in [0.717, 1.165) is 18.3 Å². The van der Waals surface area contributed by atoms with E-state index in [-0.39, 0.29) is 5.69 Å². The smallest absolute Gasteiger partial charge is 0.396 e. The molecule has 0 amide bonds. The van der Waals surface area contributed by atoms with Crippen LogP contribution in [0.2, 0.25) is 0 Å². The van der Waals surface area contributed by atoms with Gasteiger partial charge in [-0.3, -0.25) is 0 Å². The number of anilines is 1. The first-order valence-corrected chi connectivity index (χ1v) is 5.19. The number of nitrogen functional groups attached to an aromatic ring is 1. The van der Waals surface area contributed by atoms with Crippen LogP contribution in [0.15, 0.2) is 30.5 Å². The molecule has 9 heteroatoms. The minimum atomic E-state index is -4.76. The van der Waals surface area contributed by atoms with E-state index in [9.17, 15) is 26.3 Å². The second-order valence-corrected chi connectivity index (χ2v) is 3.90. The summed E-state index contributed by atoms with van der Waals surface area (Å²) >= 11 is 0. The molecule has 3 nitrogen and oxygen atoms in total. The van der Waals surface area contributed by atoms with Gasteiger partial charge in [0.1, 0.15) is 0 Å². The molecule has 108 valence electrons. The second-order valence-electron chi connectivity index (χ2n) is 3.90. The zero-order chi connectivity index (χ0) is 15.1. The summed E-state index contributed by atoms with van der Waals surface area (Å²) in [4.78, 5) is 0. The van der Waals surface area contributed by atoms with Crippen molar-refractivity contribution in [3.8, 4) is 5.69 Å². The molecular formula is C11H7F6N3. The van der Waals surface area contributed by atoms with Crippen LogP contribution in [0.25, 0.3) is 5.69 Å². The van der Waals surface area contributed by atoms with Crippen molar-refractivity contribution in [3.63, 3.8) is 0 Å². The molecule has 0 atom stereocenters. The molecule has 0 aliphatic heterocycles. The third kappa shape index (κ3) is 2.56. The minimum absolute atomic E-state index is 0.165. The second kappa shape index (κ2) is 4.43. The number of rotatable bonds is 1. The highest BCUT2D eigenvalue weighted by molar-refractivity contribution is 5.48. The lowest BCUT2D eigenvalue weighted by Gasteiger charge is -2.12. The average Bonchev–Trinajstić information content (AvgIpc) is 2.70. The largest absolute Gasteiger partial charge is 0.435 e. The minimum Gasteiger partial charge on any atom is -0.396 e. The van der Waals surface area contributed by atoms with E-state index in [0.29, 0.717) is 16.8 Å². The monoisotopic (exact) mass is 295 g/mol. The Bertz CT molecular complexity index is 609. The van der Waals surface area contributed by atoms with E-state index in [1.165, 1.54) is 0 Å². The molecule has 0 unspecified atom stereocenters. The normalized spacial score (nSPS) is 12.7. The Balaban J connectivity index is 2.48. The van der Waals surface area contributed by atoms with Crippen LogP contribution < -0.4 is 5.73 Å². The van der Waals surface area contributed by atoms with Crippen molar-refractivity contribution in [1.29, 1.82) is 0 Å². The summed E-state index contributed by atoms with van der Waals surface area (Å²) in [7, 11) is 0. The Morgan fingerprint density at radius 1 is 0.900 bits per heavy atom. The molecule has 2 aromatic rings. The quantitative estimate of drug-likeness (QED) is 0.818. The van der Waals surface area contributed by atoms with Crippen LogP contribution >= 0.6 is 0 Å². The lowest BCUT2D eigenvalue weighted by Crippen LogP contribution is -2.15. The van der Waals surface area contributed by atoms with Crippen LogP contribution in [0.5, 0.6) is 0 Å². The Morgan fingerprint density at radius 3 is 1.90 bits per heavy atom. The molecule has 0 radical (unpaired) electrons.